The molecule has 9 heteroatoms. The van der Waals surface area contributed by atoms with Crippen molar-refractivity contribution in [2.45, 2.75) is 18.9 Å². The molecular weight excluding hydrogens is 430 g/mol. The van der Waals surface area contributed by atoms with Gasteiger partial charge in [-0.1, -0.05) is 12.1 Å². The smallest absolute Gasteiger partial charge is 0.275 e. The van der Waals surface area contributed by atoms with E-state index in [9.17, 15) is 9.59 Å². The van der Waals surface area contributed by atoms with Crippen LogP contribution in [-0.2, 0) is 0 Å². The van der Waals surface area contributed by atoms with Gasteiger partial charge in [0.15, 0.2) is 0 Å². The average molecular weight is 454 g/mol. The van der Waals surface area contributed by atoms with Gasteiger partial charge >= 0.3 is 0 Å². The first-order valence-electron chi connectivity index (χ1n) is 10.4. The maximum absolute atomic E-state index is 12.9. The molecule has 2 fully saturated rings. The molecule has 160 valence electrons. The van der Waals surface area contributed by atoms with Crippen molar-refractivity contribution in [3.05, 3.63) is 52.3 Å². The highest BCUT2D eigenvalue weighted by Gasteiger charge is 2.25. The van der Waals surface area contributed by atoms with Crippen molar-refractivity contribution in [3.63, 3.8) is 0 Å². The van der Waals surface area contributed by atoms with Crippen molar-refractivity contribution in [1.82, 2.24) is 15.6 Å². The maximum atomic E-state index is 12.9. The number of nitrogens with one attached hydrogen (secondary N) is 3. The fraction of sp³-hybridized carbons (Fsp3) is 0.318. The summed E-state index contributed by atoms with van der Waals surface area (Å²) < 4.78 is 0. The van der Waals surface area contributed by atoms with Gasteiger partial charge in [0.2, 0.25) is 0 Å². The molecule has 0 bridgehead atoms. The Balaban J connectivity index is 1.29. The van der Waals surface area contributed by atoms with E-state index in [4.69, 9.17) is 0 Å². The lowest BCUT2D eigenvalue weighted by Crippen LogP contribution is -2.43. The van der Waals surface area contributed by atoms with Crippen molar-refractivity contribution in [2.24, 2.45) is 0 Å². The van der Waals surface area contributed by atoms with Crippen LogP contribution in [-0.4, -0.2) is 49.0 Å². The van der Waals surface area contributed by atoms with Crippen LogP contribution in [0.3, 0.4) is 0 Å². The lowest BCUT2D eigenvalue weighted by molar-refractivity contribution is 0.0954. The molecular formula is C22H23N5O2S2. The molecule has 0 atom stereocenters. The number of carbonyl (C=O) groups excluding carboxylic acids is 2. The average Bonchev–Trinajstić information content (AvgIpc) is 3.27. The van der Waals surface area contributed by atoms with Gasteiger partial charge in [-0.05, 0) is 37.1 Å². The van der Waals surface area contributed by atoms with E-state index >= 15 is 0 Å². The number of anilines is 2. The Morgan fingerprint density at radius 1 is 1.06 bits per heavy atom. The normalized spacial score (nSPS) is 16.2. The van der Waals surface area contributed by atoms with Gasteiger partial charge in [0.05, 0.1) is 21.1 Å². The van der Waals surface area contributed by atoms with Crippen LogP contribution >= 0.6 is 22.7 Å². The first-order chi connectivity index (χ1) is 15.2. The van der Waals surface area contributed by atoms with Crippen LogP contribution in [0, 0.1) is 0 Å². The highest BCUT2D eigenvalue weighted by atomic mass is 32.1. The van der Waals surface area contributed by atoms with Gasteiger partial charge in [0, 0.05) is 37.6 Å². The summed E-state index contributed by atoms with van der Waals surface area (Å²) in [7, 11) is 0. The maximum Gasteiger partial charge on any atom is 0.275 e. The van der Waals surface area contributed by atoms with E-state index in [0.717, 1.165) is 60.3 Å². The number of nitrogens with zero attached hydrogens (tertiary/aromatic N) is 2. The third-order valence-electron chi connectivity index (χ3n) is 5.30. The van der Waals surface area contributed by atoms with Gasteiger partial charge in [0.25, 0.3) is 11.8 Å². The van der Waals surface area contributed by atoms with Gasteiger partial charge in [-0.3, -0.25) is 9.59 Å². The Hall–Kier alpha value is -2.75. The molecule has 3 heterocycles. The Morgan fingerprint density at radius 2 is 1.87 bits per heavy atom. The molecule has 1 saturated carbocycles. The van der Waals surface area contributed by atoms with Crippen molar-refractivity contribution in [1.29, 1.82) is 0 Å². The zero-order valence-electron chi connectivity index (χ0n) is 16.9. The minimum absolute atomic E-state index is 0.0298. The summed E-state index contributed by atoms with van der Waals surface area (Å²) in [6.07, 6.45) is 2.12. The predicted molar refractivity (Wildman–Crippen MR) is 125 cm³/mol. The molecule has 1 aliphatic heterocycles. The molecule has 0 unspecified atom stereocenters. The van der Waals surface area contributed by atoms with Crippen LogP contribution in [0.4, 0.5) is 11.4 Å². The number of amides is 2. The minimum atomic E-state index is -0.228. The standard InChI is InChI=1S/C22H23N5O2S2/c28-20(25-15-3-1-2-4-17(15)27-11-9-23-10-12-27)16-13-30-22(26-16)19-8-7-18(31-19)21(29)24-14-5-6-14/h1-4,7-8,13-14,23H,5-6,9-12H2,(H,24,29)(H,25,28). The number of carbonyl (C=O) groups is 2. The van der Waals surface area contributed by atoms with Crippen LogP contribution in [0.25, 0.3) is 9.88 Å². The molecule has 31 heavy (non-hydrogen) atoms. The molecule has 0 radical (unpaired) electrons. The van der Waals surface area contributed by atoms with E-state index < -0.39 is 0 Å². The van der Waals surface area contributed by atoms with Crippen molar-refractivity contribution in [3.8, 4) is 9.88 Å². The Kier molecular flexibility index (Phi) is 5.71. The van der Waals surface area contributed by atoms with E-state index in [1.807, 2.05) is 36.4 Å². The number of hydrogen-bond donors (Lipinski definition) is 3. The third kappa shape index (κ3) is 4.63. The molecule has 2 aromatic heterocycles. The fourth-order valence-electron chi connectivity index (χ4n) is 3.50. The summed E-state index contributed by atoms with van der Waals surface area (Å²) in [6, 6.07) is 11.9. The number of thiazole rings is 1. The van der Waals surface area contributed by atoms with E-state index in [0.29, 0.717) is 16.6 Å². The topological polar surface area (TPSA) is 86.4 Å². The lowest BCUT2D eigenvalue weighted by Gasteiger charge is -2.31. The third-order valence-corrected chi connectivity index (χ3v) is 7.40. The van der Waals surface area contributed by atoms with Crippen LogP contribution in [0.2, 0.25) is 0 Å². The number of para-hydroxylation sites is 2. The molecule has 1 saturated heterocycles. The molecule has 1 aliphatic carbocycles. The highest BCUT2D eigenvalue weighted by Crippen LogP contribution is 2.32. The first kappa shape index (κ1) is 20.2. The highest BCUT2D eigenvalue weighted by molar-refractivity contribution is 7.22. The Morgan fingerprint density at radius 3 is 2.68 bits per heavy atom. The number of benzene rings is 1. The summed E-state index contributed by atoms with van der Waals surface area (Å²) in [5.74, 6) is -0.258. The van der Waals surface area contributed by atoms with Crippen LogP contribution in [0.15, 0.2) is 41.8 Å². The van der Waals surface area contributed by atoms with Crippen LogP contribution < -0.4 is 20.9 Å². The second-order valence-corrected chi connectivity index (χ2v) is 9.60. The molecule has 7 nitrogen and oxygen atoms in total. The summed E-state index contributed by atoms with van der Waals surface area (Å²) >= 11 is 2.82. The first-order valence-corrected chi connectivity index (χ1v) is 12.1. The second kappa shape index (κ2) is 8.78. The molecule has 2 aliphatic rings. The largest absolute Gasteiger partial charge is 0.367 e. The lowest BCUT2D eigenvalue weighted by atomic mass is 10.2. The van der Waals surface area contributed by atoms with Crippen LogP contribution in [0.1, 0.15) is 33.0 Å². The summed E-state index contributed by atoms with van der Waals surface area (Å²) in [5, 5.41) is 11.9. The fourth-order valence-corrected chi connectivity index (χ4v) is 5.28. The number of rotatable bonds is 6. The molecule has 3 N–H and O–H groups in total. The molecule has 3 aromatic rings. The molecule has 0 spiro atoms. The van der Waals surface area contributed by atoms with E-state index in [1.165, 1.54) is 22.7 Å². The van der Waals surface area contributed by atoms with Crippen molar-refractivity contribution in [2.75, 3.05) is 36.4 Å². The van der Waals surface area contributed by atoms with E-state index in [-0.39, 0.29) is 11.8 Å². The second-order valence-electron chi connectivity index (χ2n) is 7.66. The zero-order valence-corrected chi connectivity index (χ0v) is 18.5. The van der Waals surface area contributed by atoms with Gasteiger partial charge < -0.3 is 20.9 Å². The molecule has 2 amide bonds. The number of aromatic nitrogens is 1. The van der Waals surface area contributed by atoms with Gasteiger partial charge in [-0.2, -0.15) is 0 Å². The van der Waals surface area contributed by atoms with Gasteiger partial charge in [-0.15, -0.1) is 22.7 Å². The Bertz CT molecular complexity index is 1100. The number of piperazine rings is 1. The number of thiophene rings is 1. The monoisotopic (exact) mass is 453 g/mol. The summed E-state index contributed by atoms with van der Waals surface area (Å²) in [5.41, 5.74) is 2.20. The zero-order chi connectivity index (χ0) is 21.2. The minimum Gasteiger partial charge on any atom is -0.367 e. The quantitative estimate of drug-likeness (QED) is 0.532. The van der Waals surface area contributed by atoms with Crippen LogP contribution in [0.5, 0.6) is 0 Å². The van der Waals surface area contributed by atoms with Gasteiger partial charge in [0.1, 0.15) is 10.7 Å². The van der Waals surface area contributed by atoms with E-state index in [1.54, 1.807) is 5.38 Å². The predicted octanol–water partition coefficient (Wildman–Crippen LogP) is 3.43. The van der Waals surface area contributed by atoms with Crippen molar-refractivity contribution < 1.29 is 9.59 Å². The summed E-state index contributed by atoms with van der Waals surface area (Å²) in [4.78, 5) is 33.5. The van der Waals surface area contributed by atoms with Gasteiger partial charge in [-0.25, -0.2) is 4.98 Å². The van der Waals surface area contributed by atoms with Crippen molar-refractivity contribution >= 4 is 45.9 Å². The Labute approximate surface area is 188 Å². The molecule has 1 aromatic carbocycles. The summed E-state index contributed by atoms with van der Waals surface area (Å²) in [6.45, 7) is 3.67. The van der Waals surface area contributed by atoms with E-state index in [2.05, 4.69) is 25.8 Å². The SMILES string of the molecule is O=C(Nc1ccccc1N1CCNCC1)c1csc(-c2ccc(C(=O)NC3CC3)s2)n1. The number of hydrogen-bond acceptors (Lipinski definition) is 7. The molecule has 5 rings (SSSR count).